The van der Waals surface area contributed by atoms with E-state index in [1.54, 1.807) is 36.4 Å². The van der Waals surface area contributed by atoms with Crippen molar-refractivity contribution in [2.45, 2.75) is 11.8 Å². The van der Waals surface area contributed by atoms with Crippen molar-refractivity contribution in [1.29, 1.82) is 0 Å². The molecule has 0 aliphatic rings. The summed E-state index contributed by atoms with van der Waals surface area (Å²) in [5.74, 6) is 1.28. The van der Waals surface area contributed by atoms with E-state index >= 15 is 0 Å². The van der Waals surface area contributed by atoms with Gasteiger partial charge in [-0.2, -0.15) is 0 Å². The number of hydrogen-bond donors (Lipinski definition) is 2. The van der Waals surface area contributed by atoms with Crippen LogP contribution in [-0.2, 0) is 38.0 Å². The van der Waals surface area contributed by atoms with E-state index in [0.29, 0.717) is 11.8 Å². The third kappa shape index (κ3) is 6.47. The van der Waals surface area contributed by atoms with Crippen LogP contribution in [0.1, 0.15) is 11.1 Å². The first-order valence-electron chi connectivity index (χ1n) is 5.34. The predicted octanol–water partition coefficient (Wildman–Crippen LogP) is 4.26. The maximum atomic E-state index is 9.03. The van der Waals surface area contributed by atoms with Gasteiger partial charge in [0, 0.05) is 37.3 Å². The fourth-order valence-electron chi connectivity index (χ4n) is 1.25. The zero-order chi connectivity index (χ0) is 13.4. The molecule has 0 heterocycles. The Morgan fingerprint density at radius 3 is 1.21 bits per heavy atom. The molecule has 100 valence electrons. The summed E-state index contributed by atoms with van der Waals surface area (Å²) in [6.45, 7) is 0. The normalized spacial score (nSPS) is 8.95. The summed E-state index contributed by atoms with van der Waals surface area (Å²) < 4.78 is 0. The molecule has 2 rings (SSSR count). The molecule has 0 spiro atoms. The maximum absolute atomic E-state index is 9.03. The Morgan fingerprint density at radius 1 is 0.684 bits per heavy atom. The van der Waals surface area contributed by atoms with E-state index in [2.05, 4.69) is 0 Å². The second-order valence-electron chi connectivity index (χ2n) is 3.52. The number of rotatable bonds is 2. The first kappa shape index (κ1) is 18.5. The van der Waals surface area contributed by atoms with Crippen molar-refractivity contribution in [1.82, 2.24) is 0 Å². The summed E-state index contributed by atoms with van der Waals surface area (Å²) in [4.78, 5) is 0. The number of aromatic hydroxyl groups is 2. The molecule has 19 heavy (non-hydrogen) atoms. The fraction of sp³-hybridized carbons (Fsp3) is 0.143. The zero-order valence-electron chi connectivity index (χ0n) is 10.2. The number of benzene rings is 2. The molecule has 0 aliphatic heterocycles. The van der Waals surface area contributed by atoms with Gasteiger partial charge in [-0.15, -0.1) is 23.2 Å². The van der Waals surface area contributed by atoms with Gasteiger partial charge in [-0.3, -0.25) is 0 Å². The van der Waals surface area contributed by atoms with Crippen LogP contribution in [0.4, 0.5) is 0 Å². The summed E-state index contributed by atoms with van der Waals surface area (Å²) in [6.07, 6.45) is 0. The van der Waals surface area contributed by atoms with Crippen molar-refractivity contribution in [3.05, 3.63) is 59.7 Å². The van der Waals surface area contributed by atoms with Gasteiger partial charge in [-0.05, 0) is 12.1 Å². The van der Waals surface area contributed by atoms with Crippen molar-refractivity contribution < 1.29 is 36.4 Å². The van der Waals surface area contributed by atoms with Gasteiger partial charge < -0.3 is 10.2 Å². The van der Waals surface area contributed by atoms with Crippen LogP contribution in [0.3, 0.4) is 0 Å². The predicted molar refractivity (Wildman–Crippen MR) is 75.3 cm³/mol. The standard InChI is InChI=1S/2C7H7ClO.Zr/c2*8-5-6-3-1-2-4-7(6)9;/h2*1-4,9H,5H2;. The quantitative estimate of drug-likeness (QED) is 0.769. The van der Waals surface area contributed by atoms with Gasteiger partial charge in [0.05, 0.1) is 11.8 Å². The Morgan fingerprint density at radius 2 is 1.00 bits per heavy atom. The second-order valence-corrected chi connectivity index (χ2v) is 4.06. The van der Waals surface area contributed by atoms with Crippen LogP contribution in [0.25, 0.3) is 0 Å². The number of phenolic OH excluding ortho intramolecular Hbond substituents is 2. The van der Waals surface area contributed by atoms with E-state index in [9.17, 15) is 0 Å². The molecule has 0 aromatic heterocycles. The fourth-order valence-corrected chi connectivity index (χ4v) is 1.70. The number of halogens is 2. The molecule has 0 amide bonds. The molecule has 5 heteroatoms. The zero-order valence-corrected chi connectivity index (χ0v) is 14.2. The van der Waals surface area contributed by atoms with Gasteiger partial charge in [0.1, 0.15) is 11.5 Å². The van der Waals surface area contributed by atoms with E-state index in [-0.39, 0.29) is 37.7 Å². The van der Waals surface area contributed by atoms with E-state index in [4.69, 9.17) is 33.4 Å². The first-order chi connectivity index (χ1) is 8.69. The van der Waals surface area contributed by atoms with Crippen molar-refractivity contribution >= 4 is 23.2 Å². The summed E-state index contributed by atoms with van der Waals surface area (Å²) in [5.41, 5.74) is 1.55. The van der Waals surface area contributed by atoms with Crippen LogP contribution in [-0.4, -0.2) is 10.2 Å². The van der Waals surface area contributed by atoms with Gasteiger partial charge in [0.2, 0.25) is 0 Å². The Kier molecular flexibility index (Phi) is 10.0. The average molecular weight is 376 g/mol. The summed E-state index contributed by atoms with van der Waals surface area (Å²) >= 11 is 10.9. The molecule has 0 saturated carbocycles. The number of phenols is 2. The Balaban J connectivity index is 0.000000324. The number of hydrogen-bond acceptors (Lipinski definition) is 2. The average Bonchev–Trinajstić information content (AvgIpc) is 2.41. The molecule has 0 atom stereocenters. The minimum atomic E-state index is 0. The van der Waals surface area contributed by atoms with Gasteiger partial charge in [-0.25, -0.2) is 0 Å². The molecule has 0 radical (unpaired) electrons. The van der Waals surface area contributed by atoms with Crippen molar-refractivity contribution in [2.24, 2.45) is 0 Å². The van der Waals surface area contributed by atoms with Crippen LogP contribution in [0.15, 0.2) is 48.5 Å². The molecule has 0 aliphatic carbocycles. The molecular formula is C14H14Cl2O2Zr. The van der Waals surface area contributed by atoms with Crippen LogP contribution >= 0.6 is 23.2 Å². The SMILES string of the molecule is Oc1ccccc1CCl.Oc1ccccc1CCl.[Zr]. The Labute approximate surface area is 142 Å². The molecule has 2 aromatic rings. The van der Waals surface area contributed by atoms with Gasteiger partial charge in [0.25, 0.3) is 0 Å². The molecule has 0 fully saturated rings. The molecule has 0 unspecified atom stereocenters. The van der Waals surface area contributed by atoms with Crippen LogP contribution in [0, 0.1) is 0 Å². The Bertz CT molecular complexity index is 447. The van der Waals surface area contributed by atoms with E-state index in [0.717, 1.165) is 11.1 Å². The van der Waals surface area contributed by atoms with Crippen molar-refractivity contribution in [3.63, 3.8) is 0 Å². The second kappa shape index (κ2) is 10.3. The molecule has 2 aromatic carbocycles. The van der Waals surface area contributed by atoms with E-state index in [1.807, 2.05) is 12.1 Å². The monoisotopic (exact) mass is 374 g/mol. The maximum Gasteiger partial charge on any atom is 0.119 e. The molecular weight excluding hydrogens is 362 g/mol. The van der Waals surface area contributed by atoms with Crippen molar-refractivity contribution in [3.8, 4) is 11.5 Å². The van der Waals surface area contributed by atoms with Crippen LogP contribution in [0.2, 0.25) is 0 Å². The van der Waals surface area contributed by atoms with E-state index < -0.39 is 0 Å². The molecule has 0 saturated heterocycles. The third-order valence-electron chi connectivity index (χ3n) is 2.27. The summed E-state index contributed by atoms with van der Waals surface area (Å²) in [6, 6.07) is 14.1. The smallest absolute Gasteiger partial charge is 0.119 e. The minimum absolute atomic E-state index is 0. The first-order valence-corrected chi connectivity index (χ1v) is 6.41. The van der Waals surface area contributed by atoms with Crippen LogP contribution < -0.4 is 0 Å². The van der Waals surface area contributed by atoms with Gasteiger partial charge in [-0.1, -0.05) is 36.4 Å². The van der Waals surface area contributed by atoms with Crippen molar-refractivity contribution in [2.75, 3.05) is 0 Å². The van der Waals surface area contributed by atoms with E-state index in [1.165, 1.54) is 0 Å². The third-order valence-corrected chi connectivity index (χ3v) is 2.85. The number of alkyl halides is 2. The summed E-state index contributed by atoms with van der Waals surface area (Å²) in [7, 11) is 0. The Hall–Kier alpha value is -0.497. The van der Waals surface area contributed by atoms with Gasteiger partial charge in [0.15, 0.2) is 0 Å². The minimum Gasteiger partial charge on any atom is -0.508 e. The van der Waals surface area contributed by atoms with Gasteiger partial charge >= 0.3 is 0 Å². The molecule has 0 bridgehead atoms. The number of para-hydroxylation sites is 2. The molecule has 2 N–H and O–H groups in total. The summed E-state index contributed by atoms with van der Waals surface area (Å²) in [5, 5.41) is 18.1. The topological polar surface area (TPSA) is 40.5 Å². The van der Waals surface area contributed by atoms with Crippen LogP contribution in [0.5, 0.6) is 11.5 Å². The largest absolute Gasteiger partial charge is 0.508 e. The molecule has 2 nitrogen and oxygen atoms in total.